The number of hydrogen-bond acceptors (Lipinski definition) is 4. The van der Waals surface area contributed by atoms with Gasteiger partial charge in [-0.2, -0.15) is 0 Å². The van der Waals surface area contributed by atoms with Gasteiger partial charge >= 0.3 is 0 Å². The van der Waals surface area contributed by atoms with Crippen LogP contribution < -0.4 is 10.1 Å². The number of para-hydroxylation sites is 1. The predicted octanol–water partition coefficient (Wildman–Crippen LogP) is 6.34. The quantitative estimate of drug-likeness (QED) is 0.437. The molecule has 4 rings (SSSR count). The fourth-order valence-corrected chi connectivity index (χ4v) is 2.83. The summed E-state index contributed by atoms with van der Waals surface area (Å²) in [5.41, 5.74) is 3.75. The first-order valence-electron chi connectivity index (χ1n) is 8.61. The second-order valence-corrected chi connectivity index (χ2v) is 6.36. The Kier molecular flexibility index (Phi) is 5.76. The summed E-state index contributed by atoms with van der Waals surface area (Å²) in [6.45, 7) is 4.09. The maximum atomic E-state index is 14.5. The number of fused-ring (bicyclic) bond motifs is 1. The van der Waals surface area contributed by atoms with Gasteiger partial charge in [0.15, 0.2) is 11.6 Å². The number of anilines is 2. The molecule has 0 saturated heterocycles. The molecule has 0 atom stereocenters. The minimum Gasteiger partial charge on any atom is -0.454 e. The number of nitrogens with one attached hydrogen (secondary N) is 1. The van der Waals surface area contributed by atoms with E-state index in [1.807, 2.05) is 44.2 Å². The fraction of sp³-hybridized carbons (Fsp3) is 0.0909. The number of rotatable bonds is 4. The molecule has 0 fully saturated rings. The Balaban J connectivity index is 0.00000225. The van der Waals surface area contributed by atoms with Gasteiger partial charge in [-0.05, 0) is 61.4 Å². The van der Waals surface area contributed by atoms with Crippen molar-refractivity contribution < 1.29 is 9.13 Å². The van der Waals surface area contributed by atoms with Gasteiger partial charge in [0.25, 0.3) is 0 Å². The lowest BCUT2D eigenvalue weighted by Crippen LogP contribution is -1.98. The monoisotopic (exact) mass is 395 g/mol. The van der Waals surface area contributed by atoms with Crippen LogP contribution in [0, 0.1) is 19.7 Å². The Bertz CT molecular complexity index is 1120. The smallest absolute Gasteiger partial charge is 0.167 e. The molecular formula is C22H19ClFN3O. The molecule has 1 heterocycles. The van der Waals surface area contributed by atoms with E-state index in [1.54, 1.807) is 24.3 Å². The molecule has 4 aromatic rings. The molecule has 3 aromatic carbocycles. The van der Waals surface area contributed by atoms with Crippen LogP contribution in [0.1, 0.15) is 11.1 Å². The van der Waals surface area contributed by atoms with Gasteiger partial charge in [-0.1, -0.05) is 18.2 Å². The van der Waals surface area contributed by atoms with E-state index < -0.39 is 5.82 Å². The Morgan fingerprint density at radius 2 is 1.64 bits per heavy atom. The average molecular weight is 396 g/mol. The molecule has 0 radical (unpaired) electrons. The molecule has 0 amide bonds. The van der Waals surface area contributed by atoms with Gasteiger partial charge in [0.2, 0.25) is 0 Å². The van der Waals surface area contributed by atoms with Gasteiger partial charge in [-0.15, -0.1) is 12.4 Å². The van der Waals surface area contributed by atoms with Crippen LogP contribution in [0.25, 0.3) is 10.9 Å². The highest BCUT2D eigenvalue weighted by molar-refractivity contribution is 5.91. The molecule has 0 bridgehead atoms. The molecular weight excluding hydrogens is 377 g/mol. The van der Waals surface area contributed by atoms with Gasteiger partial charge in [-0.25, -0.2) is 14.4 Å². The Hall–Kier alpha value is -3.18. The number of aryl methyl sites for hydroxylation is 2. The van der Waals surface area contributed by atoms with Crippen molar-refractivity contribution >= 4 is 34.8 Å². The Morgan fingerprint density at radius 3 is 2.39 bits per heavy atom. The summed E-state index contributed by atoms with van der Waals surface area (Å²) in [5, 5.41) is 4.07. The molecule has 0 unspecified atom stereocenters. The Morgan fingerprint density at radius 1 is 0.893 bits per heavy atom. The number of aromatic nitrogens is 2. The van der Waals surface area contributed by atoms with E-state index in [9.17, 15) is 4.39 Å². The van der Waals surface area contributed by atoms with Gasteiger partial charge in [0, 0.05) is 17.1 Å². The zero-order valence-electron chi connectivity index (χ0n) is 15.4. The van der Waals surface area contributed by atoms with E-state index in [1.165, 1.54) is 18.0 Å². The molecule has 6 heteroatoms. The van der Waals surface area contributed by atoms with Crippen LogP contribution in [0.3, 0.4) is 0 Å². The third-order valence-corrected chi connectivity index (χ3v) is 4.42. The summed E-state index contributed by atoms with van der Waals surface area (Å²) < 4.78 is 20.1. The normalized spacial score (nSPS) is 10.4. The van der Waals surface area contributed by atoms with E-state index in [2.05, 4.69) is 15.3 Å². The molecule has 1 N–H and O–H groups in total. The van der Waals surface area contributed by atoms with Gasteiger partial charge in [-0.3, -0.25) is 0 Å². The van der Waals surface area contributed by atoms with E-state index >= 15 is 0 Å². The summed E-state index contributed by atoms with van der Waals surface area (Å²) in [6.07, 6.45) is 1.50. The van der Waals surface area contributed by atoms with Crippen molar-refractivity contribution in [1.29, 1.82) is 0 Å². The first kappa shape index (κ1) is 19.6. The topological polar surface area (TPSA) is 47.0 Å². The molecule has 4 nitrogen and oxygen atoms in total. The third-order valence-electron chi connectivity index (χ3n) is 4.42. The average Bonchev–Trinajstić information content (AvgIpc) is 2.66. The van der Waals surface area contributed by atoms with Crippen LogP contribution in [0.15, 0.2) is 67.0 Å². The van der Waals surface area contributed by atoms with Crippen molar-refractivity contribution in [2.24, 2.45) is 0 Å². The van der Waals surface area contributed by atoms with Crippen molar-refractivity contribution in [2.45, 2.75) is 13.8 Å². The number of halogens is 2. The van der Waals surface area contributed by atoms with Gasteiger partial charge in [0.05, 0.1) is 5.52 Å². The van der Waals surface area contributed by atoms with Crippen molar-refractivity contribution in [3.63, 3.8) is 0 Å². The highest BCUT2D eigenvalue weighted by Crippen LogP contribution is 2.29. The molecule has 0 aliphatic rings. The lowest BCUT2D eigenvalue weighted by molar-refractivity contribution is 0.442. The minimum absolute atomic E-state index is 0. The van der Waals surface area contributed by atoms with Crippen molar-refractivity contribution in [3.8, 4) is 11.5 Å². The number of ether oxygens (including phenoxy) is 1. The highest BCUT2D eigenvalue weighted by atomic mass is 35.5. The number of hydrogen-bond donors (Lipinski definition) is 1. The molecule has 0 spiro atoms. The first-order valence-corrected chi connectivity index (χ1v) is 8.61. The first-order chi connectivity index (χ1) is 13.1. The van der Waals surface area contributed by atoms with Crippen molar-refractivity contribution in [2.75, 3.05) is 5.32 Å². The molecule has 1 aromatic heterocycles. The predicted molar refractivity (Wildman–Crippen MR) is 112 cm³/mol. The second kappa shape index (κ2) is 8.23. The highest BCUT2D eigenvalue weighted by Gasteiger charge is 2.09. The molecule has 0 aliphatic carbocycles. The van der Waals surface area contributed by atoms with Crippen LogP contribution in [0.5, 0.6) is 11.5 Å². The molecule has 28 heavy (non-hydrogen) atoms. The summed E-state index contributed by atoms with van der Waals surface area (Å²) in [4.78, 5) is 8.64. The van der Waals surface area contributed by atoms with Crippen molar-refractivity contribution in [3.05, 3.63) is 83.9 Å². The van der Waals surface area contributed by atoms with Crippen LogP contribution in [0.2, 0.25) is 0 Å². The summed E-state index contributed by atoms with van der Waals surface area (Å²) in [5.74, 6) is 0.948. The summed E-state index contributed by atoms with van der Waals surface area (Å²) in [6, 6.07) is 17.9. The maximum Gasteiger partial charge on any atom is 0.167 e. The largest absolute Gasteiger partial charge is 0.454 e. The van der Waals surface area contributed by atoms with E-state index in [-0.39, 0.29) is 18.2 Å². The molecule has 0 saturated carbocycles. The van der Waals surface area contributed by atoms with Crippen LogP contribution in [-0.2, 0) is 0 Å². The maximum absolute atomic E-state index is 14.5. The Labute approximate surface area is 168 Å². The zero-order valence-corrected chi connectivity index (χ0v) is 16.3. The second-order valence-electron chi connectivity index (χ2n) is 6.36. The zero-order chi connectivity index (χ0) is 18.8. The summed E-state index contributed by atoms with van der Waals surface area (Å²) in [7, 11) is 0. The standard InChI is InChI=1S/C22H18FN3O.ClH/c1-14-10-18-20(11-15(14)2)24-13-25-22(18)26-16-8-9-21(19(23)12-16)27-17-6-4-3-5-7-17;/h3-13H,1-2H3,(H,24,25,26);1H. The van der Waals surface area contributed by atoms with E-state index in [0.29, 0.717) is 17.3 Å². The molecule has 0 aliphatic heterocycles. The number of nitrogens with zero attached hydrogens (tertiary/aromatic N) is 2. The van der Waals surface area contributed by atoms with Crippen molar-refractivity contribution in [1.82, 2.24) is 9.97 Å². The summed E-state index contributed by atoms with van der Waals surface area (Å²) >= 11 is 0. The van der Waals surface area contributed by atoms with E-state index in [4.69, 9.17) is 4.74 Å². The van der Waals surface area contributed by atoms with Crippen LogP contribution in [-0.4, -0.2) is 9.97 Å². The van der Waals surface area contributed by atoms with Gasteiger partial charge < -0.3 is 10.1 Å². The third kappa shape index (κ3) is 4.05. The minimum atomic E-state index is -0.450. The van der Waals surface area contributed by atoms with E-state index in [0.717, 1.165) is 16.5 Å². The van der Waals surface area contributed by atoms with Gasteiger partial charge in [0.1, 0.15) is 17.9 Å². The lowest BCUT2D eigenvalue weighted by Gasteiger charge is -2.12. The molecule has 142 valence electrons. The van der Waals surface area contributed by atoms with Crippen LogP contribution in [0.4, 0.5) is 15.9 Å². The SMILES string of the molecule is Cc1cc2ncnc(Nc3ccc(Oc4ccccc4)c(F)c3)c2cc1C.Cl. The number of benzene rings is 3. The lowest BCUT2D eigenvalue weighted by atomic mass is 10.1. The van der Waals surface area contributed by atoms with Crippen LogP contribution >= 0.6 is 12.4 Å². The fourth-order valence-electron chi connectivity index (χ4n) is 2.83.